The van der Waals surface area contributed by atoms with Crippen LogP contribution in [0.15, 0.2) is 12.1 Å². The van der Waals surface area contributed by atoms with Crippen molar-refractivity contribution in [2.45, 2.75) is 13.1 Å². The topological polar surface area (TPSA) is 29.3 Å². The van der Waals surface area contributed by atoms with Crippen molar-refractivity contribution in [1.82, 2.24) is 0 Å². The molecule has 2 nitrogen and oxygen atoms in total. The summed E-state index contributed by atoms with van der Waals surface area (Å²) in [6, 6.07) is 2.75. The monoisotopic (exact) mass is 286 g/mol. The number of hydrogen-bond acceptors (Lipinski definition) is 2. The molecular weight excluding hydrogens is 276 g/mol. The molecule has 0 unspecified atom stereocenters. The Hall–Kier alpha value is -0.810. The van der Waals surface area contributed by atoms with Crippen LogP contribution in [0.3, 0.4) is 0 Å². The van der Waals surface area contributed by atoms with Gasteiger partial charge < -0.3 is 10.6 Å². The Labute approximate surface area is 107 Å². The molecule has 7 heteroatoms. The standard InChI is InChI=1S/C10H11Cl2F3N2/c1-2-17(5-10(13,14)15)9-7(11)3-6(16)4-8(9)12/h3-4H,2,5,16H2,1H3. The Bertz CT molecular complexity index is 384. The van der Waals surface area contributed by atoms with Gasteiger partial charge in [0, 0.05) is 12.2 Å². The highest BCUT2D eigenvalue weighted by atomic mass is 35.5. The van der Waals surface area contributed by atoms with E-state index in [4.69, 9.17) is 28.9 Å². The van der Waals surface area contributed by atoms with Crippen LogP contribution >= 0.6 is 23.2 Å². The largest absolute Gasteiger partial charge is 0.405 e. The molecule has 1 rings (SSSR count). The van der Waals surface area contributed by atoms with E-state index in [-0.39, 0.29) is 22.3 Å². The normalized spacial score (nSPS) is 11.6. The fourth-order valence-electron chi connectivity index (χ4n) is 1.45. The molecule has 0 heterocycles. The van der Waals surface area contributed by atoms with E-state index in [1.807, 2.05) is 0 Å². The minimum atomic E-state index is -4.32. The summed E-state index contributed by atoms with van der Waals surface area (Å²) in [5.74, 6) is 0. The molecule has 0 spiro atoms. The van der Waals surface area contributed by atoms with Crippen LogP contribution in [0.5, 0.6) is 0 Å². The highest BCUT2D eigenvalue weighted by molar-refractivity contribution is 6.39. The number of hydrogen-bond donors (Lipinski definition) is 1. The van der Waals surface area contributed by atoms with Gasteiger partial charge in [-0.1, -0.05) is 23.2 Å². The predicted octanol–water partition coefficient (Wildman–Crippen LogP) is 3.96. The van der Waals surface area contributed by atoms with Gasteiger partial charge in [-0.25, -0.2) is 0 Å². The molecule has 2 N–H and O–H groups in total. The number of benzene rings is 1. The van der Waals surface area contributed by atoms with E-state index in [1.165, 1.54) is 12.1 Å². The van der Waals surface area contributed by atoms with Crippen molar-refractivity contribution in [2.75, 3.05) is 23.7 Å². The molecule has 0 saturated carbocycles. The Balaban J connectivity index is 3.12. The minimum Gasteiger partial charge on any atom is -0.399 e. The first-order valence-corrected chi connectivity index (χ1v) is 5.56. The number of anilines is 2. The second-order valence-corrected chi connectivity index (χ2v) is 4.28. The van der Waals surface area contributed by atoms with Crippen LogP contribution in [0.25, 0.3) is 0 Å². The summed E-state index contributed by atoms with van der Waals surface area (Å²) in [7, 11) is 0. The van der Waals surface area contributed by atoms with Crippen molar-refractivity contribution in [3.05, 3.63) is 22.2 Å². The quantitative estimate of drug-likeness (QED) is 0.852. The molecular formula is C10H11Cl2F3N2. The SMILES string of the molecule is CCN(CC(F)(F)F)c1c(Cl)cc(N)cc1Cl. The lowest BCUT2D eigenvalue weighted by molar-refractivity contribution is -0.119. The maximum Gasteiger partial charge on any atom is 0.405 e. The van der Waals surface area contributed by atoms with Gasteiger partial charge in [0.2, 0.25) is 0 Å². The van der Waals surface area contributed by atoms with E-state index in [0.717, 1.165) is 4.90 Å². The molecule has 0 amide bonds. The van der Waals surface area contributed by atoms with Gasteiger partial charge in [0.1, 0.15) is 6.54 Å². The summed E-state index contributed by atoms with van der Waals surface area (Å²) in [6.07, 6.45) is -4.32. The lowest BCUT2D eigenvalue weighted by Gasteiger charge is -2.26. The predicted molar refractivity (Wildman–Crippen MR) is 64.8 cm³/mol. The van der Waals surface area contributed by atoms with E-state index in [1.54, 1.807) is 6.92 Å². The molecule has 0 fully saturated rings. The van der Waals surface area contributed by atoms with Gasteiger partial charge in [0.25, 0.3) is 0 Å². The van der Waals surface area contributed by atoms with E-state index in [2.05, 4.69) is 0 Å². The van der Waals surface area contributed by atoms with Gasteiger partial charge in [0.05, 0.1) is 15.7 Å². The number of nitrogens with two attached hydrogens (primary N) is 1. The molecule has 0 bridgehead atoms. The minimum absolute atomic E-state index is 0.112. The first-order valence-electron chi connectivity index (χ1n) is 4.81. The zero-order chi connectivity index (χ0) is 13.2. The third-order valence-electron chi connectivity index (χ3n) is 2.11. The number of alkyl halides is 3. The van der Waals surface area contributed by atoms with E-state index in [9.17, 15) is 13.2 Å². The Morgan fingerprint density at radius 2 is 1.71 bits per heavy atom. The third-order valence-corrected chi connectivity index (χ3v) is 2.68. The lowest BCUT2D eigenvalue weighted by Crippen LogP contribution is -2.34. The third kappa shape index (κ3) is 3.85. The van der Waals surface area contributed by atoms with Crippen LogP contribution in [0.1, 0.15) is 6.92 Å². The lowest BCUT2D eigenvalue weighted by atomic mass is 10.2. The van der Waals surface area contributed by atoms with E-state index in [0.29, 0.717) is 5.69 Å². The molecule has 96 valence electrons. The van der Waals surface area contributed by atoms with Crippen LogP contribution in [-0.4, -0.2) is 19.3 Å². The average Bonchev–Trinajstić information content (AvgIpc) is 2.12. The first kappa shape index (κ1) is 14.3. The molecule has 0 radical (unpaired) electrons. The molecule has 0 atom stereocenters. The number of nitrogen functional groups attached to an aromatic ring is 1. The van der Waals surface area contributed by atoms with Gasteiger partial charge in [-0.2, -0.15) is 13.2 Å². The zero-order valence-corrected chi connectivity index (χ0v) is 10.5. The van der Waals surface area contributed by atoms with Gasteiger partial charge >= 0.3 is 6.18 Å². The van der Waals surface area contributed by atoms with Gasteiger partial charge in [-0.05, 0) is 19.1 Å². The van der Waals surface area contributed by atoms with Crippen LogP contribution < -0.4 is 10.6 Å². The van der Waals surface area contributed by atoms with Gasteiger partial charge in [-0.3, -0.25) is 0 Å². The number of nitrogens with zero attached hydrogens (tertiary/aromatic N) is 1. The Kier molecular flexibility index (Phi) is 4.38. The first-order chi connectivity index (χ1) is 7.74. The van der Waals surface area contributed by atoms with E-state index < -0.39 is 12.7 Å². The summed E-state index contributed by atoms with van der Waals surface area (Å²) in [5.41, 5.74) is 5.95. The Morgan fingerprint density at radius 3 is 2.06 bits per heavy atom. The summed E-state index contributed by atoms with van der Waals surface area (Å²) < 4.78 is 37.1. The summed E-state index contributed by atoms with van der Waals surface area (Å²) in [6.45, 7) is 0.629. The summed E-state index contributed by atoms with van der Waals surface area (Å²) in [4.78, 5) is 1.06. The van der Waals surface area contributed by atoms with Crippen molar-refractivity contribution >= 4 is 34.6 Å². The van der Waals surface area contributed by atoms with Crippen LogP contribution in [0, 0.1) is 0 Å². The highest BCUT2D eigenvalue weighted by Crippen LogP contribution is 2.37. The highest BCUT2D eigenvalue weighted by Gasteiger charge is 2.31. The summed E-state index contributed by atoms with van der Waals surface area (Å²) in [5, 5.41) is 0.224. The zero-order valence-electron chi connectivity index (χ0n) is 8.98. The van der Waals surface area contributed by atoms with Crippen molar-refractivity contribution in [3.8, 4) is 0 Å². The smallest absolute Gasteiger partial charge is 0.399 e. The Morgan fingerprint density at radius 1 is 1.24 bits per heavy atom. The molecule has 17 heavy (non-hydrogen) atoms. The van der Waals surface area contributed by atoms with Crippen LogP contribution in [0.4, 0.5) is 24.5 Å². The van der Waals surface area contributed by atoms with Crippen molar-refractivity contribution in [3.63, 3.8) is 0 Å². The van der Waals surface area contributed by atoms with Gasteiger partial charge in [-0.15, -0.1) is 0 Å². The second-order valence-electron chi connectivity index (χ2n) is 3.46. The molecule has 0 aliphatic heterocycles. The molecule has 0 aromatic heterocycles. The molecule has 1 aromatic carbocycles. The molecule has 0 aliphatic carbocycles. The molecule has 1 aromatic rings. The second kappa shape index (κ2) is 5.23. The average molecular weight is 287 g/mol. The fraction of sp³-hybridized carbons (Fsp3) is 0.400. The van der Waals surface area contributed by atoms with Gasteiger partial charge in [0.15, 0.2) is 0 Å². The van der Waals surface area contributed by atoms with Crippen molar-refractivity contribution < 1.29 is 13.2 Å². The molecule has 0 saturated heterocycles. The number of halogens is 5. The van der Waals surface area contributed by atoms with Crippen molar-refractivity contribution in [1.29, 1.82) is 0 Å². The maximum atomic E-state index is 12.4. The van der Waals surface area contributed by atoms with E-state index >= 15 is 0 Å². The molecule has 0 aliphatic rings. The number of rotatable bonds is 3. The van der Waals surface area contributed by atoms with Crippen molar-refractivity contribution in [2.24, 2.45) is 0 Å². The maximum absolute atomic E-state index is 12.4. The summed E-state index contributed by atoms with van der Waals surface area (Å²) >= 11 is 11.7. The van der Waals surface area contributed by atoms with Crippen LogP contribution in [-0.2, 0) is 0 Å². The van der Waals surface area contributed by atoms with Crippen LogP contribution in [0.2, 0.25) is 10.0 Å². The fourth-order valence-corrected chi connectivity index (χ4v) is 2.20.